The van der Waals surface area contributed by atoms with E-state index in [0.717, 1.165) is 18.7 Å². The Hall–Kier alpha value is -0.640. The molecule has 17 heavy (non-hydrogen) atoms. The highest BCUT2D eigenvalue weighted by atomic mass is 35.5. The summed E-state index contributed by atoms with van der Waals surface area (Å²) in [4.78, 5) is 0. The molecule has 1 aromatic carbocycles. The number of halogens is 2. The average molecular weight is 260 g/mol. The van der Waals surface area contributed by atoms with Crippen LogP contribution < -0.4 is 5.32 Å². The average Bonchev–Trinajstić information content (AvgIpc) is 2.23. The zero-order chi connectivity index (χ0) is 11.6. The highest BCUT2D eigenvalue weighted by Gasteiger charge is 2.30. The molecule has 0 aliphatic carbocycles. The van der Waals surface area contributed by atoms with Crippen LogP contribution in [-0.4, -0.2) is 18.9 Å². The third-order valence-corrected chi connectivity index (χ3v) is 2.94. The van der Waals surface area contributed by atoms with E-state index < -0.39 is 0 Å². The molecule has 1 heterocycles. The summed E-state index contributed by atoms with van der Waals surface area (Å²) in [6.45, 7) is 5.88. The van der Waals surface area contributed by atoms with Crippen LogP contribution in [0.4, 0.5) is 4.39 Å². The molecule has 1 aromatic rings. The minimum absolute atomic E-state index is 0. The van der Waals surface area contributed by atoms with Gasteiger partial charge >= 0.3 is 0 Å². The Morgan fingerprint density at radius 3 is 2.88 bits per heavy atom. The molecule has 1 aliphatic rings. The molecule has 2 nitrogen and oxygen atoms in total. The van der Waals surface area contributed by atoms with Gasteiger partial charge in [0.25, 0.3) is 0 Å². The maximum atomic E-state index is 13.0. The quantitative estimate of drug-likeness (QED) is 0.882. The van der Waals surface area contributed by atoms with Gasteiger partial charge in [0.05, 0.1) is 6.61 Å². The first-order valence-electron chi connectivity index (χ1n) is 5.71. The van der Waals surface area contributed by atoms with E-state index in [1.807, 2.05) is 13.0 Å². The van der Waals surface area contributed by atoms with Crippen LogP contribution in [0.15, 0.2) is 24.3 Å². The monoisotopic (exact) mass is 259 g/mol. The Bertz CT molecular complexity index is 364. The number of ether oxygens (including phenoxy) is 1. The lowest BCUT2D eigenvalue weighted by Gasteiger charge is -2.38. The minimum atomic E-state index is -0.361. The molecular formula is C13H19ClFNO. The summed E-state index contributed by atoms with van der Waals surface area (Å²) in [7, 11) is 0. The van der Waals surface area contributed by atoms with Gasteiger partial charge in [0, 0.05) is 13.0 Å². The van der Waals surface area contributed by atoms with Crippen LogP contribution in [0.1, 0.15) is 19.4 Å². The van der Waals surface area contributed by atoms with Crippen molar-refractivity contribution in [2.75, 3.05) is 13.2 Å². The van der Waals surface area contributed by atoms with Crippen molar-refractivity contribution >= 4 is 12.4 Å². The van der Waals surface area contributed by atoms with Crippen molar-refractivity contribution in [2.45, 2.75) is 26.0 Å². The van der Waals surface area contributed by atoms with Gasteiger partial charge in [-0.15, -0.1) is 12.4 Å². The second-order valence-corrected chi connectivity index (χ2v) is 4.83. The summed E-state index contributed by atoms with van der Waals surface area (Å²) in [6.07, 6.45) is 0.692. The van der Waals surface area contributed by atoms with E-state index in [0.29, 0.717) is 12.3 Å². The molecule has 0 saturated carbocycles. The Balaban J connectivity index is 0.00000144. The van der Waals surface area contributed by atoms with Crippen molar-refractivity contribution in [2.24, 2.45) is 5.92 Å². The summed E-state index contributed by atoms with van der Waals surface area (Å²) < 4.78 is 18.8. The van der Waals surface area contributed by atoms with Gasteiger partial charge in [-0.05, 0) is 30.5 Å². The lowest BCUT2D eigenvalue weighted by molar-refractivity contribution is -0.0998. The number of nitrogens with one attached hydrogen (secondary N) is 1. The summed E-state index contributed by atoms with van der Waals surface area (Å²) in [5.41, 5.74) is 0.602. The van der Waals surface area contributed by atoms with Crippen molar-refractivity contribution in [1.29, 1.82) is 0 Å². The fraction of sp³-hybridized carbons (Fsp3) is 0.538. The maximum Gasteiger partial charge on any atom is 0.123 e. The highest BCUT2D eigenvalue weighted by molar-refractivity contribution is 5.85. The van der Waals surface area contributed by atoms with Crippen molar-refractivity contribution in [3.63, 3.8) is 0 Å². The van der Waals surface area contributed by atoms with Crippen LogP contribution in [-0.2, 0) is 11.2 Å². The second-order valence-electron chi connectivity index (χ2n) is 4.83. The van der Waals surface area contributed by atoms with Gasteiger partial charge in [0.15, 0.2) is 0 Å². The molecule has 0 bridgehead atoms. The zero-order valence-corrected chi connectivity index (χ0v) is 11.0. The first-order valence-corrected chi connectivity index (χ1v) is 5.71. The third-order valence-electron chi connectivity index (χ3n) is 2.94. The van der Waals surface area contributed by atoms with E-state index in [1.165, 1.54) is 6.07 Å². The number of hydrogen-bond acceptors (Lipinski definition) is 2. The summed E-state index contributed by atoms with van der Waals surface area (Å²) >= 11 is 0. The molecule has 4 heteroatoms. The van der Waals surface area contributed by atoms with E-state index >= 15 is 0 Å². The van der Waals surface area contributed by atoms with Crippen LogP contribution >= 0.6 is 12.4 Å². The van der Waals surface area contributed by atoms with Crippen LogP contribution in [0, 0.1) is 11.7 Å². The summed E-state index contributed by atoms with van der Waals surface area (Å²) in [5.74, 6) is 0.353. The largest absolute Gasteiger partial charge is 0.360 e. The van der Waals surface area contributed by atoms with Gasteiger partial charge in [-0.25, -0.2) is 4.39 Å². The number of benzene rings is 1. The standard InChI is InChI=1S/C13H18FNO.ClH/c1-10-8-15-13(2,16-9-10)7-11-4-3-5-12(14)6-11;/h3-6,10,15H,7-9H2,1-2H3;1H. The summed E-state index contributed by atoms with van der Waals surface area (Å²) in [5, 5.41) is 3.37. The number of rotatable bonds is 2. The fourth-order valence-electron chi connectivity index (χ4n) is 1.98. The lowest BCUT2D eigenvalue weighted by atomic mass is 10.0. The Morgan fingerprint density at radius 1 is 1.53 bits per heavy atom. The third kappa shape index (κ3) is 3.95. The molecule has 0 spiro atoms. The van der Waals surface area contributed by atoms with Gasteiger partial charge < -0.3 is 4.74 Å². The smallest absolute Gasteiger partial charge is 0.123 e. The van der Waals surface area contributed by atoms with Crippen LogP contribution in [0.25, 0.3) is 0 Å². The van der Waals surface area contributed by atoms with Crippen LogP contribution in [0.2, 0.25) is 0 Å². The van der Waals surface area contributed by atoms with Gasteiger partial charge in [0.2, 0.25) is 0 Å². The topological polar surface area (TPSA) is 21.3 Å². The first kappa shape index (κ1) is 14.4. The van der Waals surface area contributed by atoms with E-state index in [4.69, 9.17) is 4.74 Å². The fourth-order valence-corrected chi connectivity index (χ4v) is 1.98. The Kier molecular flexibility index (Phi) is 4.92. The second kappa shape index (κ2) is 5.80. The normalized spacial score (nSPS) is 28.5. The van der Waals surface area contributed by atoms with Crippen molar-refractivity contribution in [1.82, 2.24) is 5.32 Å². The van der Waals surface area contributed by atoms with Gasteiger partial charge in [-0.1, -0.05) is 19.1 Å². The Morgan fingerprint density at radius 2 is 2.29 bits per heavy atom. The van der Waals surface area contributed by atoms with Crippen LogP contribution in [0.5, 0.6) is 0 Å². The van der Waals surface area contributed by atoms with Crippen molar-refractivity contribution < 1.29 is 9.13 Å². The van der Waals surface area contributed by atoms with Crippen molar-refractivity contribution in [3.05, 3.63) is 35.6 Å². The molecule has 2 rings (SSSR count). The molecule has 0 amide bonds. The molecule has 96 valence electrons. The molecule has 1 fully saturated rings. The molecule has 1 aliphatic heterocycles. The zero-order valence-electron chi connectivity index (χ0n) is 10.2. The van der Waals surface area contributed by atoms with E-state index in [-0.39, 0.29) is 23.9 Å². The molecule has 2 unspecified atom stereocenters. The lowest BCUT2D eigenvalue weighted by Crippen LogP contribution is -2.53. The minimum Gasteiger partial charge on any atom is -0.360 e. The van der Waals surface area contributed by atoms with E-state index in [1.54, 1.807) is 12.1 Å². The van der Waals surface area contributed by atoms with Crippen molar-refractivity contribution in [3.8, 4) is 0 Å². The SMILES string of the molecule is CC1CNC(C)(Cc2cccc(F)c2)OC1.Cl. The van der Waals surface area contributed by atoms with Gasteiger partial charge in [0.1, 0.15) is 11.5 Å². The van der Waals surface area contributed by atoms with Gasteiger partial charge in [-0.3, -0.25) is 5.32 Å². The van der Waals surface area contributed by atoms with Crippen LogP contribution in [0.3, 0.4) is 0 Å². The van der Waals surface area contributed by atoms with E-state index in [9.17, 15) is 4.39 Å². The molecule has 1 N–H and O–H groups in total. The van der Waals surface area contributed by atoms with E-state index in [2.05, 4.69) is 12.2 Å². The highest BCUT2D eigenvalue weighted by Crippen LogP contribution is 2.20. The number of hydrogen-bond donors (Lipinski definition) is 1. The summed E-state index contributed by atoms with van der Waals surface area (Å²) in [6, 6.07) is 6.69. The molecule has 1 saturated heterocycles. The molecule has 2 atom stereocenters. The Labute approximate surface area is 108 Å². The predicted molar refractivity (Wildman–Crippen MR) is 68.9 cm³/mol. The molecule has 0 radical (unpaired) electrons. The molecular weight excluding hydrogens is 241 g/mol. The first-order chi connectivity index (χ1) is 7.57. The maximum absolute atomic E-state index is 13.0. The molecule has 0 aromatic heterocycles. The predicted octanol–water partition coefficient (Wildman–Crippen LogP) is 2.76. The van der Waals surface area contributed by atoms with Gasteiger partial charge in [-0.2, -0.15) is 0 Å².